The summed E-state index contributed by atoms with van der Waals surface area (Å²) in [6.07, 6.45) is -1.34. The monoisotopic (exact) mass is 477 g/mol. The smallest absolute Gasteiger partial charge is 0.333 e. The summed E-state index contributed by atoms with van der Waals surface area (Å²) in [5.74, 6) is 0.763. The van der Waals surface area contributed by atoms with Gasteiger partial charge in [-0.1, -0.05) is 42.5 Å². The highest BCUT2D eigenvalue weighted by atomic mass is 16.5. The normalized spacial score (nSPS) is 13.3. The van der Waals surface area contributed by atoms with Crippen LogP contribution in [0.25, 0.3) is 0 Å². The number of rotatable bonds is 12. The Kier molecular flexibility index (Phi) is 9.26. The number of carbonyl (C=O) groups excluding carboxylic acids is 1. The second-order valence-electron chi connectivity index (χ2n) is 8.10. The highest BCUT2D eigenvalue weighted by molar-refractivity contribution is 5.81. The molecule has 0 heterocycles. The number of hydrogen-bond donors (Lipinski definition) is 2. The van der Waals surface area contributed by atoms with Gasteiger partial charge in [0.2, 0.25) is 0 Å². The summed E-state index contributed by atoms with van der Waals surface area (Å²) in [5, 5.41) is 12.2. The van der Waals surface area contributed by atoms with Crippen molar-refractivity contribution in [3.05, 3.63) is 90.0 Å². The molecule has 184 valence electrons. The first-order valence-corrected chi connectivity index (χ1v) is 11.6. The molecule has 0 aliphatic heterocycles. The van der Waals surface area contributed by atoms with Gasteiger partial charge < -0.3 is 24.6 Å². The Balaban J connectivity index is 1.51. The predicted molar refractivity (Wildman–Crippen MR) is 133 cm³/mol. The number of aliphatic carboxylic acids is 1. The second-order valence-corrected chi connectivity index (χ2v) is 8.10. The number of carboxylic acids is 1. The fourth-order valence-electron chi connectivity index (χ4n) is 3.46. The molecule has 0 aromatic heterocycles. The van der Waals surface area contributed by atoms with Gasteiger partial charge in [-0.3, -0.25) is 4.79 Å². The SMILES string of the molecule is CCOC(Cc1ccc(OC(C)C(=O)NC(C)c2ccc(Oc3ccccc3)cc2)cc1)C(=O)O. The number of carboxylic acid groups (broad SMARTS) is 1. The number of amides is 1. The maximum absolute atomic E-state index is 12.7. The van der Waals surface area contributed by atoms with E-state index in [1.807, 2.05) is 61.5 Å². The zero-order chi connectivity index (χ0) is 25.2. The quantitative estimate of drug-likeness (QED) is 0.374. The lowest BCUT2D eigenvalue weighted by atomic mass is 10.1. The molecule has 35 heavy (non-hydrogen) atoms. The molecule has 0 aliphatic rings. The van der Waals surface area contributed by atoms with Crippen LogP contribution in [0.5, 0.6) is 17.2 Å². The Morgan fingerprint density at radius 1 is 0.857 bits per heavy atom. The summed E-state index contributed by atoms with van der Waals surface area (Å²) in [4.78, 5) is 23.9. The minimum Gasteiger partial charge on any atom is -0.481 e. The first kappa shape index (κ1) is 25.8. The van der Waals surface area contributed by atoms with E-state index in [1.54, 1.807) is 38.1 Å². The van der Waals surface area contributed by atoms with Gasteiger partial charge >= 0.3 is 5.97 Å². The van der Waals surface area contributed by atoms with Crippen LogP contribution in [0.3, 0.4) is 0 Å². The van der Waals surface area contributed by atoms with Crippen molar-refractivity contribution in [2.75, 3.05) is 6.61 Å². The Morgan fingerprint density at radius 2 is 1.46 bits per heavy atom. The molecule has 7 heteroatoms. The Labute approximate surface area is 205 Å². The van der Waals surface area contributed by atoms with Gasteiger partial charge in [0.05, 0.1) is 6.04 Å². The van der Waals surface area contributed by atoms with Crippen molar-refractivity contribution in [1.82, 2.24) is 5.32 Å². The van der Waals surface area contributed by atoms with Crippen LogP contribution in [0, 0.1) is 0 Å². The molecule has 0 fully saturated rings. The van der Waals surface area contributed by atoms with Gasteiger partial charge in [-0.2, -0.15) is 0 Å². The van der Waals surface area contributed by atoms with Crippen molar-refractivity contribution >= 4 is 11.9 Å². The Hall–Kier alpha value is -3.84. The first-order chi connectivity index (χ1) is 16.9. The summed E-state index contributed by atoms with van der Waals surface area (Å²) in [5.41, 5.74) is 1.75. The average molecular weight is 478 g/mol. The van der Waals surface area contributed by atoms with Crippen molar-refractivity contribution in [2.45, 2.75) is 45.4 Å². The molecule has 0 spiro atoms. The van der Waals surface area contributed by atoms with Crippen molar-refractivity contribution < 1.29 is 28.9 Å². The van der Waals surface area contributed by atoms with E-state index in [-0.39, 0.29) is 18.4 Å². The summed E-state index contributed by atoms with van der Waals surface area (Å²) in [6, 6.07) is 23.9. The molecule has 3 aromatic carbocycles. The second kappa shape index (κ2) is 12.6. The maximum atomic E-state index is 12.7. The average Bonchev–Trinajstić information content (AvgIpc) is 2.85. The summed E-state index contributed by atoms with van der Waals surface area (Å²) < 4.78 is 16.8. The largest absolute Gasteiger partial charge is 0.481 e. The molecule has 3 rings (SSSR count). The summed E-state index contributed by atoms with van der Waals surface area (Å²) >= 11 is 0. The standard InChI is InChI=1S/C28H31NO6/c1-4-33-26(28(31)32)18-21-10-14-24(15-11-21)34-20(3)27(30)29-19(2)22-12-16-25(17-13-22)35-23-8-6-5-7-9-23/h5-17,19-20,26H,4,18H2,1-3H3,(H,29,30)(H,31,32). The van der Waals surface area contributed by atoms with Gasteiger partial charge in [-0.05, 0) is 68.3 Å². The van der Waals surface area contributed by atoms with E-state index in [9.17, 15) is 14.7 Å². The molecule has 0 saturated carbocycles. The molecular weight excluding hydrogens is 446 g/mol. The molecule has 2 N–H and O–H groups in total. The highest BCUT2D eigenvalue weighted by Crippen LogP contribution is 2.23. The third-order valence-corrected chi connectivity index (χ3v) is 5.39. The molecule has 0 aliphatic carbocycles. The fraction of sp³-hybridized carbons (Fsp3) is 0.286. The molecular formula is C28H31NO6. The Bertz CT molecular complexity index is 1080. The zero-order valence-corrected chi connectivity index (χ0v) is 20.1. The van der Waals surface area contributed by atoms with Crippen molar-refractivity contribution in [2.24, 2.45) is 0 Å². The fourth-order valence-corrected chi connectivity index (χ4v) is 3.46. The van der Waals surface area contributed by atoms with Crippen LogP contribution in [0.1, 0.15) is 37.9 Å². The van der Waals surface area contributed by atoms with Crippen molar-refractivity contribution in [3.63, 3.8) is 0 Å². The van der Waals surface area contributed by atoms with Gasteiger partial charge in [-0.25, -0.2) is 4.79 Å². The van der Waals surface area contributed by atoms with E-state index in [2.05, 4.69) is 5.32 Å². The van der Waals surface area contributed by atoms with Crippen molar-refractivity contribution in [1.29, 1.82) is 0 Å². The molecule has 3 aromatic rings. The third-order valence-electron chi connectivity index (χ3n) is 5.39. The minimum absolute atomic E-state index is 0.215. The van der Waals surface area contributed by atoms with Gasteiger partial charge in [-0.15, -0.1) is 0 Å². The lowest BCUT2D eigenvalue weighted by molar-refractivity contribution is -0.150. The van der Waals surface area contributed by atoms with E-state index in [0.717, 1.165) is 22.6 Å². The number of ether oxygens (including phenoxy) is 3. The van der Waals surface area contributed by atoms with Crippen LogP contribution < -0.4 is 14.8 Å². The summed E-state index contributed by atoms with van der Waals surface area (Å²) in [7, 11) is 0. The van der Waals surface area contributed by atoms with E-state index < -0.39 is 18.2 Å². The molecule has 0 bridgehead atoms. The van der Waals surface area contributed by atoms with Crippen LogP contribution in [0.15, 0.2) is 78.9 Å². The van der Waals surface area contributed by atoms with Crippen LogP contribution in [-0.2, 0) is 20.7 Å². The molecule has 7 nitrogen and oxygen atoms in total. The molecule has 3 atom stereocenters. The van der Waals surface area contributed by atoms with E-state index in [0.29, 0.717) is 12.4 Å². The van der Waals surface area contributed by atoms with Crippen LogP contribution in [0.2, 0.25) is 0 Å². The minimum atomic E-state index is -0.995. The van der Waals surface area contributed by atoms with Crippen LogP contribution in [0.4, 0.5) is 0 Å². The number of carbonyl (C=O) groups is 2. The zero-order valence-electron chi connectivity index (χ0n) is 20.1. The lowest BCUT2D eigenvalue weighted by Gasteiger charge is -2.19. The number of benzene rings is 3. The molecule has 3 unspecified atom stereocenters. The highest BCUT2D eigenvalue weighted by Gasteiger charge is 2.20. The van der Waals surface area contributed by atoms with Crippen LogP contribution in [-0.4, -0.2) is 35.8 Å². The van der Waals surface area contributed by atoms with Gasteiger partial charge in [0.25, 0.3) is 5.91 Å². The third kappa shape index (κ3) is 7.86. The van der Waals surface area contributed by atoms with Gasteiger partial charge in [0.15, 0.2) is 12.2 Å². The van der Waals surface area contributed by atoms with Gasteiger partial charge in [0.1, 0.15) is 17.2 Å². The first-order valence-electron chi connectivity index (χ1n) is 11.6. The molecule has 0 radical (unpaired) electrons. The Morgan fingerprint density at radius 3 is 2.06 bits per heavy atom. The number of nitrogens with one attached hydrogen (secondary N) is 1. The topological polar surface area (TPSA) is 94.1 Å². The van der Waals surface area contributed by atoms with E-state index >= 15 is 0 Å². The summed E-state index contributed by atoms with van der Waals surface area (Å²) in [6.45, 7) is 5.68. The predicted octanol–water partition coefficient (Wildman–Crippen LogP) is 5.16. The number of hydrogen-bond acceptors (Lipinski definition) is 5. The van der Waals surface area contributed by atoms with Crippen LogP contribution >= 0.6 is 0 Å². The van der Waals surface area contributed by atoms with Gasteiger partial charge in [0, 0.05) is 13.0 Å². The van der Waals surface area contributed by atoms with E-state index in [4.69, 9.17) is 14.2 Å². The maximum Gasteiger partial charge on any atom is 0.333 e. The molecule has 0 saturated heterocycles. The molecule has 1 amide bonds. The number of para-hydroxylation sites is 1. The van der Waals surface area contributed by atoms with Crippen molar-refractivity contribution in [3.8, 4) is 17.2 Å². The lowest BCUT2D eigenvalue weighted by Crippen LogP contribution is -2.37. The van der Waals surface area contributed by atoms with E-state index in [1.165, 1.54) is 0 Å².